The number of nitrogens with one attached hydrogen (secondary N) is 2. The van der Waals surface area contributed by atoms with Gasteiger partial charge in [-0.15, -0.1) is 24.0 Å². The summed E-state index contributed by atoms with van der Waals surface area (Å²) < 4.78 is 5.30. The highest BCUT2D eigenvalue weighted by atomic mass is 127. The van der Waals surface area contributed by atoms with Crippen molar-refractivity contribution in [3.05, 3.63) is 0 Å². The standard InChI is InChI=1S/C14H32N4O.HI/c1-6-18(7-2)13(4)12-17-14(15-5)16-10-9-11-19-8-3;/h13H,6-12H2,1-5H3,(H2,15,16,17);1H. The average Bonchev–Trinajstić information content (AvgIpc) is 2.43. The molecule has 0 aromatic carbocycles. The molecule has 0 heterocycles. The Hall–Kier alpha value is -0.0800. The number of guanidine groups is 1. The highest BCUT2D eigenvalue weighted by Crippen LogP contribution is 1.96. The fourth-order valence-electron chi connectivity index (χ4n) is 1.97. The Balaban J connectivity index is 0. The van der Waals surface area contributed by atoms with Gasteiger partial charge in [0.15, 0.2) is 5.96 Å². The monoisotopic (exact) mass is 400 g/mol. The zero-order valence-corrected chi connectivity index (χ0v) is 16.1. The van der Waals surface area contributed by atoms with Crippen molar-refractivity contribution in [1.82, 2.24) is 15.5 Å². The van der Waals surface area contributed by atoms with E-state index in [4.69, 9.17) is 4.74 Å². The van der Waals surface area contributed by atoms with Crippen molar-refractivity contribution in [3.63, 3.8) is 0 Å². The second-order valence-electron chi connectivity index (χ2n) is 4.50. The highest BCUT2D eigenvalue weighted by Gasteiger charge is 2.09. The number of rotatable bonds is 10. The van der Waals surface area contributed by atoms with Gasteiger partial charge in [-0.25, -0.2) is 0 Å². The Kier molecular flexibility index (Phi) is 17.0. The zero-order chi connectivity index (χ0) is 14.5. The van der Waals surface area contributed by atoms with Gasteiger partial charge in [0.05, 0.1) is 0 Å². The molecule has 6 heteroatoms. The third kappa shape index (κ3) is 10.7. The van der Waals surface area contributed by atoms with E-state index in [1.54, 1.807) is 7.05 Å². The molecule has 0 fully saturated rings. The van der Waals surface area contributed by atoms with Gasteiger partial charge in [0.1, 0.15) is 0 Å². The quantitative estimate of drug-likeness (QED) is 0.255. The Morgan fingerprint density at radius 1 is 1.20 bits per heavy atom. The van der Waals surface area contributed by atoms with Gasteiger partial charge in [0.25, 0.3) is 0 Å². The lowest BCUT2D eigenvalue weighted by molar-refractivity contribution is 0.145. The maximum absolute atomic E-state index is 5.30. The molecule has 0 aromatic rings. The van der Waals surface area contributed by atoms with Crippen LogP contribution in [0.15, 0.2) is 4.99 Å². The summed E-state index contributed by atoms with van der Waals surface area (Å²) in [6, 6.07) is 0.511. The van der Waals surface area contributed by atoms with Crippen LogP contribution in [0.4, 0.5) is 0 Å². The molecule has 0 radical (unpaired) electrons. The molecule has 20 heavy (non-hydrogen) atoms. The Morgan fingerprint density at radius 2 is 1.85 bits per heavy atom. The summed E-state index contributed by atoms with van der Waals surface area (Å²) in [6.45, 7) is 14.2. The van der Waals surface area contributed by atoms with E-state index in [1.165, 1.54) is 0 Å². The van der Waals surface area contributed by atoms with Crippen LogP contribution >= 0.6 is 24.0 Å². The predicted octanol–water partition coefficient (Wildman–Crippen LogP) is 1.93. The largest absolute Gasteiger partial charge is 0.382 e. The molecule has 0 amide bonds. The van der Waals surface area contributed by atoms with Gasteiger partial charge in [-0.2, -0.15) is 0 Å². The van der Waals surface area contributed by atoms with Crippen LogP contribution in [0, 0.1) is 0 Å². The van der Waals surface area contributed by atoms with Gasteiger partial charge in [0, 0.05) is 39.4 Å². The molecule has 122 valence electrons. The minimum atomic E-state index is 0. The fraction of sp³-hybridized carbons (Fsp3) is 0.929. The molecule has 1 unspecified atom stereocenters. The zero-order valence-electron chi connectivity index (χ0n) is 13.7. The summed E-state index contributed by atoms with van der Waals surface area (Å²) in [5.74, 6) is 0.871. The Bertz CT molecular complexity index is 235. The van der Waals surface area contributed by atoms with Crippen molar-refractivity contribution in [2.24, 2.45) is 4.99 Å². The van der Waals surface area contributed by atoms with E-state index in [1.807, 2.05) is 6.92 Å². The molecule has 0 aliphatic carbocycles. The minimum absolute atomic E-state index is 0. The Morgan fingerprint density at radius 3 is 2.35 bits per heavy atom. The minimum Gasteiger partial charge on any atom is -0.382 e. The molecular formula is C14H33IN4O. The van der Waals surface area contributed by atoms with Crippen LogP contribution in [-0.2, 0) is 4.74 Å². The van der Waals surface area contributed by atoms with Gasteiger partial charge in [-0.3, -0.25) is 9.89 Å². The van der Waals surface area contributed by atoms with Gasteiger partial charge in [0.2, 0.25) is 0 Å². The van der Waals surface area contributed by atoms with Crippen LogP contribution in [0.25, 0.3) is 0 Å². The van der Waals surface area contributed by atoms with Crippen LogP contribution in [0.3, 0.4) is 0 Å². The summed E-state index contributed by atoms with van der Waals surface area (Å²) in [5.41, 5.74) is 0. The first kappa shape index (κ1) is 22.2. The third-order valence-electron chi connectivity index (χ3n) is 3.19. The van der Waals surface area contributed by atoms with Gasteiger partial charge in [-0.05, 0) is 33.4 Å². The molecule has 0 aliphatic heterocycles. The molecule has 0 saturated heterocycles. The molecule has 2 N–H and O–H groups in total. The molecule has 5 nitrogen and oxygen atoms in total. The first-order chi connectivity index (χ1) is 9.19. The maximum atomic E-state index is 5.30. The molecule has 1 atom stereocenters. The lowest BCUT2D eigenvalue weighted by Gasteiger charge is -2.27. The van der Waals surface area contributed by atoms with E-state index in [2.05, 4.69) is 41.3 Å². The first-order valence-electron chi connectivity index (χ1n) is 7.45. The van der Waals surface area contributed by atoms with Crippen LogP contribution in [-0.4, -0.2) is 63.3 Å². The lowest BCUT2D eigenvalue weighted by Crippen LogP contribution is -2.46. The predicted molar refractivity (Wildman–Crippen MR) is 98.3 cm³/mol. The summed E-state index contributed by atoms with van der Waals surface area (Å²) in [5, 5.41) is 6.66. The normalized spacial score (nSPS) is 13.0. The summed E-state index contributed by atoms with van der Waals surface area (Å²) in [6.07, 6.45) is 1.00. The number of aliphatic imine (C=N–C) groups is 1. The van der Waals surface area contributed by atoms with Gasteiger partial charge in [-0.1, -0.05) is 13.8 Å². The van der Waals surface area contributed by atoms with Gasteiger partial charge >= 0.3 is 0 Å². The van der Waals surface area contributed by atoms with Crippen LogP contribution in [0.2, 0.25) is 0 Å². The second kappa shape index (κ2) is 15.3. The lowest BCUT2D eigenvalue weighted by atomic mass is 10.3. The number of hydrogen-bond donors (Lipinski definition) is 2. The van der Waals surface area contributed by atoms with E-state index in [9.17, 15) is 0 Å². The molecule has 0 bridgehead atoms. The van der Waals surface area contributed by atoms with Crippen molar-refractivity contribution in [2.75, 3.05) is 46.4 Å². The molecule has 0 saturated carbocycles. The number of ether oxygens (including phenoxy) is 1. The van der Waals surface area contributed by atoms with Crippen LogP contribution in [0.5, 0.6) is 0 Å². The van der Waals surface area contributed by atoms with Gasteiger partial charge < -0.3 is 15.4 Å². The highest BCUT2D eigenvalue weighted by molar-refractivity contribution is 14.0. The maximum Gasteiger partial charge on any atom is 0.191 e. The molecular weight excluding hydrogens is 367 g/mol. The van der Waals surface area contributed by atoms with Crippen molar-refractivity contribution in [3.8, 4) is 0 Å². The molecule has 0 spiro atoms. The summed E-state index contributed by atoms with van der Waals surface area (Å²) in [4.78, 5) is 6.65. The number of nitrogens with zero attached hydrogens (tertiary/aromatic N) is 2. The number of halogens is 1. The topological polar surface area (TPSA) is 48.9 Å². The van der Waals surface area contributed by atoms with Crippen molar-refractivity contribution >= 4 is 29.9 Å². The van der Waals surface area contributed by atoms with E-state index in [0.717, 1.165) is 51.8 Å². The molecule has 0 aliphatic rings. The molecule has 0 aromatic heterocycles. The summed E-state index contributed by atoms with van der Waals surface area (Å²) >= 11 is 0. The average molecular weight is 400 g/mol. The third-order valence-corrected chi connectivity index (χ3v) is 3.19. The van der Waals surface area contributed by atoms with E-state index in [0.29, 0.717) is 6.04 Å². The number of hydrogen-bond acceptors (Lipinski definition) is 3. The SMILES string of the molecule is CCOCCCNC(=NC)NCC(C)N(CC)CC.I. The fourth-order valence-corrected chi connectivity index (χ4v) is 1.97. The van der Waals surface area contributed by atoms with Crippen molar-refractivity contribution in [2.45, 2.75) is 40.2 Å². The van der Waals surface area contributed by atoms with Crippen LogP contribution in [0.1, 0.15) is 34.1 Å². The molecule has 0 rings (SSSR count). The van der Waals surface area contributed by atoms with E-state index >= 15 is 0 Å². The summed E-state index contributed by atoms with van der Waals surface area (Å²) in [7, 11) is 1.81. The van der Waals surface area contributed by atoms with Crippen molar-refractivity contribution < 1.29 is 4.74 Å². The second-order valence-corrected chi connectivity index (χ2v) is 4.50. The van der Waals surface area contributed by atoms with Crippen molar-refractivity contribution in [1.29, 1.82) is 0 Å². The Labute approximate surface area is 141 Å². The first-order valence-corrected chi connectivity index (χ1v) is 7.45. The van der Waals surface area contributed by atoms with E-state index < -0.39 is 0 Å². The van der Waals surface area contributed by atoms with Crippen LogP contribution < -0.4 is 10.6 Å². The smallest absolute Gasteiger partial charge is 0.191 e. The number of likely N-dealkylation sites (N-methyl/N-ethyl adjacent to an activating group) is 1. The van der Waals surface area contributed by atoms with E-state index in [-0.39, 0.29) is 24.0 Å².